The van der Waals surface area contributed by atoms with Crippen LogP contribution in [-0.4, -0.2) is 12.6 Å². The Morgan fingerprint density at radius 2 is 2.00 bits per heavy atom. The molecular weight excluding hydrogens is 176 g/mol. The van der Waals surface area contributed by atoms with Gasteiger partial charge in [-0.3, -0.25) is 0 Å². The van der Waals surface area contributed by atoms with E-state index >= 15 is 0 Å². The molecule has 0 radical (unpaired) electrons. The second kappa shape index (κ2) is 3.66. The van der Waals surface area contributed by atoms with Crippen LogP contribution < -0.4 is 10.0 Å². The van der Waals surface area contributed by atoms with E-state index in [0.717, 1.165) is 6.54 Å². The molecule has 0 fully saturated rings. The van der Waals surface area contributed by atoms with Crippen LogP contribution in [0.5, 0.6) is 0 Å². The standard InChI is InChI=1S/C10H21N2Si/c1-6-7-12-9-8-11(2)10(12)13(3,4)5/h8-9H,6-7H2,1-5H3/q+1. The number of imidazole rings is 1. The Morgan fingerprint density at radius 3 is 2.46 bits per heavy atom. The first kappa shape index (κ1) is 10.5. The number of aryl methyl sites for hydroxylation is 2. The van der Waals surface area contributed by atoms with E-state index in [9.17, 15) is 0 Å². The van der Waals surface area contributed by atoms with E-state index in [1.54, 1.807) is 0 Å². The molecule has 1 aromatic rings. The van der Waals surface area contributed by atoms with Crippen LogP contribution in [0, 0.1) is 0 Å². The first-order valence-corrected chi connectivity index (χ1v) is 8.52. The van der Waals surface area contributed by atoms with Crippen molar-refractivity contribution in [2.24, 2.45) is 7.05 Å². The van der Waals surface area contributed by atoms with Crippen LogP contribution in [0.15, 0.2) is 12.4 Å². The zero-order chi connectivity index (χ0) is 10.1. The number of nitrogens with zero attached hydrogens (tertiary/aromatic N) is 2. The van der Waals surface area contributed by atoms with E-state index in [1.165, 1.54) is 11.9 Å². The molecule has 3 heteroatoms. The van der Waals surface area contributed by atoms with Gasteiger partial charge in [-0.2, -0.15) is 0 Å². The summed E-state index contributed by atoms with van der Waals surface area (Å²) in [5.41, 5.74) is 1.54. The number of aromatic nitrogens is 2. The van der Waals surface area contributed by atoms with Crippen molar-refractivity contribution in [2.45, 2.75) is 39.5 Å². The van der Waals surface area contributed by atoms with Gasteiger partial charge in [-0.1, -0.05) is 26.6 Å². The third-order valence-corrected chi connectivity index (χ3v) is 4.19. The largest absolute Gasteiger partial charge is 0.242 e. The molecule has 1 aromatic heterocycles. The first-order chi connectivity index (χ1) is 5.96. The zero-order valence-electron chi connectivity index (χ0n) is 9.46. The third kappa shape index (κ3) is 2.21. The fourth-order valence-corrected chi connectivity index (χ4v) is 4.09. The first-order valence-electron chi connectivity index (χ1n) is 5.02. The van der Waals surface area contributed by atoms with Crippen LogP contribution in [0.2, 0.25) is 19.6 Å². The summed E-state index contributed by atoms with van der Waals surface area (Å²) >= 11 is 0. The van der Waals surface area contributed by atoms with Crippen molar-refractivity contribution in [3.63, 3.8) is 0 Å². The molecule has 0 unspecified atom stereocenters. The molecule has 1 rings (SSSR count). The van der Waals surface area contributed by atoms with E-state index in [2.05, 4.69) is 55.1 Å². The van der Waals surface area contributed by atoms with Crippen LogP contribution in [0.3, 0.4) is 0 Å². The molecule has 0 spiro atoms. The minimum absolute atomic E-state index is 1.15. The molecule has 1 heterocycles. The molecular formula is C10H21N2Si+. The predicted octanol–water partition coefficient (Wildman–Crippen LogP) is 1.27. The van der Waals surface area contributed by atoms with Crippen molar-refractivity contribution < 1.29 is 4.57 Å². The Hall–Kier alpha value is -0.573. The van der Waals surface area contributed by atoms with Gasteiger partial charge >= 0.3 is 0 Å². The Bertz CT molecular complexity index is 284. The lowest BCUT2D eigenvalue weighted by molar-refractivity contribution is -0.653. The SMILES string of the molecule is CCCn1cc[n+](C)c1[Si](C)(C)C. The fraction of sp³-hybridized carbons (Fsp3) is 0.700. The summed E-state index contributed by atoms with van der Waals surface area (Å²) in [4.78, 5) is 0. The molecule has 0 aliphatic heterocycles. The maximum absolute atomic E-state index is 2.41. The van der Waals surface area contributed by atoms with Gasteiger partial charge in [0.05, 0.1) is 13.6 Å². The van der Waals surface area contributed by atoms with Gasteiger partial charge < -0.3 is 0 Å². The third-order valence-electron chi connectivity index (χ3n) is 2.21. The summed E-state index contributed by atoms with van der Waals surface area (Å²) in [6.45, 7) is 10.6. The lowest BCUT2D eigenvalue weighted by Gasteiger charge is -2.13. The molecule has 74 valence electrons. The maximum Gasteiger partial charge on any atom is 0.220 e. The Balaban J connectivity index is 3.09. The van der Waals surface area contributed by atoms with E-state index in [4.69, 9.17) is 0 Å². The molecule has 0 saturated carbocycles. The molecule has 0 saturated heterocycles. The summed E-state index contributed by atoms with van der Waals surface area (Å²) in [6.07, 6.45) is 5.59. The van der Waals surface area contributed by atoms with Crippen molar-refractivity contribution in [3.8, 4) is 0 Å². The molecule has 13 heavy (non-hydrogen) atoms. The molecule has 0 N–H and O–H groups in total. The molecule has 2 nitrogen and oxygen atoms in total. The normalized spacial score (nSPS) is 12.1. The van der Waals surface area contributed by atoms with E-state index in [0.29, 0.717) is 0 Å². The average molecular weight is 197 g/mol. The van der Waals surface area contributed by atoms with Crippen molar-refractivity contribution in [3.05, 3.63) is 12.4 Å². The molecule has 0 aliphatic rings. The Morgan fingerprint density at radius 1 is 1.38 bits per heavy atom. The molecule has 0 amide bonds. The summed E-state index contributed by atoms with van der Waals surface area (Å²) in [5, 5.41) is 0. The minimum Gasteiger partial charge on any atom is -0.242 e. The lowest BCUT2D eigenvalue weighted by atomic mass is 10.5. The Kier molecular flexibility index (Phi) is 2.96. The van der Waals surface area contributed by atoms with E-state index in [1.807, 2.05) is 0 Å². The lowest BCUT2D eigenvalue weighted by Crippen LogP contribution is -2.60. The highest BCUT2D eigenvalue weighted by Gasteiger charge is 2.30. The van der Waals surface area contributed by atoms with Gasteiger partial charge in [-0.05, 0) is 6.42 Å². The van der Waals surface area contributed by atoms with Crippen LogP contribution in [0.1, 0.15) is 13.3 Å². The summed E-state index contributed by atoms with van der Waals surface area (Å²) < 4.78 is 4.69. The van der Waals surface area contributed by atoms with Gasteiger partial charge in [-0.25, -0.2) is 9.13 Å². The smallest absolute Gasteiger partial charge is 0.220 e. The van der Waals surface area contributed by atoms with Crippen LogP contribution >= 0.6 is 0 Å². The maximum atomic E-state index is 2.41. The van der Waals surface area contributed by atoms with Crippen molar-refractivity contribution in [1.82, 2.24) is 4.57 Å². The van der Waals surface area contributed by atoms with Gasteiger partial charge in [0.2, 0.25) is 5.45 Å². The molecule has 0 atom stereocenters. The molecule has 0 aliphatic carbocycles. The predicted molar refractivity (Wildman–Crippen MR) is 58.9 cm³/mol. The monoisotopic (exact) mass is 197 g/mol. The quantitative estimate of drug-likeness (QED) is 0.510. The average Bonchev–Trinajstić information content (AvgIpc) is 2.31. The highest BCUT2D eigenvalue weighted by Crippen LogP contribution is 2.00. The number of hydrogen-bond acceptors (Lipinski definition) is 0. The summed E-state index contributed by atoms with van der Waals surface area (Å²) in [7, 11) is 0.971. The van der Waals surface area contributed by atoms with Crippen molar-refractivity contribution in [1.29, 1.82) is 0 Å². The van der Waals surface area contributed by atoms with Gasteiger partial charge in [0.15, 0.2) is 8.07 Å². The van der Waals surface area contributed by atoms with Crippen LogP contribution in [0.25, 0.3) is 0 Å². The van der Waals surface area contributed by atoms with E-state index in [-0.39, 0.29) is 0 Å². The van der Waals surface area contributed by atoms with Gasteiger partial charge in [-0.15, -0.1) is 0 Å². The second-order valence-corrected chi connectivity index (χ2v) is 9.62. The molecule has 0 bridgehead atoms. The zero-order valence-corrected chi connectivity index (χ0v) is 10.5. The number of hydrogen-bond donors (Lipinski definition) is 0. The Labute approximate surface area is 82.2 Å². The van der Waals surface area contributed by atoms with Gasteiger partial charge in [0.25, 0.3) is 0 Å². The molecule has 0 aromatic carbocycles. The number of rotatable bonds is 3. The van der Waals surface area contributed by atoms with Crippen molar-refractivity contribution in [2.75, 3.05) is 0 Å². The highest BCUT2D eigenvalue weighted by atomic mass is 28.3. The highest BCUT2D eigenvalue weighted by molar-refractivity contribution is 6.87. The topological polar surface area (TPSA) is 8.81 Å². The summed E-state index contributed by atoms with van der Waals surface area (Å²) in [5.74, 6) is 0. The minimum atomic E-state index is -1.18. The van der Waals surface area contributed by atoms with Crippen LogP contribution in [-0.2, 0) is 13.6 Å². The van der Waals surface area contributed by atoms with Crippen molar-refractivity contribution >= 4 is 13.5 Å². The van der Waals surface area contributed by atoms with Gasteiger partial charge in [0.1, 0.15) is 12.4 Å². The summed E-state index contributed by atoms with van der Waals surface area (Å²) in [6, 6.07) is 0. The van der Waals surface area contributed by atoms with Gasteiger partial charge in [0, 0.05) is 0 Å². The van der Waals surface area contributed by atoms with E-state index < -0.39 is 8.07 Å². The van der Waals surface area contributed by atoms with Crippen LogP contribution in [0.4, 0.5) is 0 Å². The fourth-order valence-electron chi connectivity index (χ4n) is 1.91. The second-order valence-electron chi connectivity index (χ2n) is 4.68.